The lowest BCUT2D eigenvalue weighted by atomic mass is 9.90. The fraction of sp³-hybridized carbons (Fsp3) is 1.00. The molecule has 1 saturated carbocycles. The van der Waals surface area contributed by atoms with Crippen LogP contribution in [0.3, 0.4) is 0 Å². The van der Waals surface area contributed by atoms with Gasteiger partial charge in [0.15, 0.2) is 0 Å². The zero-order valence-corrected chi connectivity index (χ0v) is 11.5. The lowest BCUT2D eigenvalue weighted by Crippen LogP contribution is -2.35. The van der Waals surface area contributed by atoms with Gasteiger partial charge >= 0.3 is 0 Å². The summed E-state index contributed by atoms with van der Waals surface area (Å²) in [7, 11) is 1.84. The molecule has 0 amide bonds. The molecule has 1 N–H and O–H groups in total. The molecule has 0 aromatic carbocycles. The molecule has 0 radical (unpaired) electrons. The van der Waals surface area contributed by atoms with Gasteiger partial charge in [0.2, 0.25) is 0 Å². The van der Waals surface area contributed by atoms with E-state index in [0.717, 1.165) is 6.04 Å². The topological polar surface area (TPSA) is 21.3 Å². The summed E-state index contributed by atoms with van der Waals surface area (Å²) in [6.45, 7) is 8.13. The van der Waals surface area contributed by atoms with Crippen LogP contribution in [0, 0.1) is 5.41 Å². The third kappa shape index (κ3) is 5.86. The van der Waals surface area contributed by atoms with Crippen LogP contribution in [0.25, 0.3) is 0 Å². The zero-order chi connectivity index (χ0) is 12.0. The third-order valence-corrected chi connectivity index (χ3v) is 3.54. The Morgan fingerprint density at radius 2 is 1.75 bits per heavy atom. The van der Waals surface area contributed by atoms with E-state index in [-0.39, 0.29) is 0 Å². The summed E-state index contributed by atoms with van der Waals surface area (Å²) in [6.07, 6.45) is 8.16. The molecule has 16 heavy (non-hydrogen) atoms. The summed E-state index contributed by atoms with van der Waals surface area (Å²) in [4.78, 5) is 0. The van der Waals surface area contributed by atoms with Gasteiger partial charge in [-0.1, -0.05) is 20.8 Å². The average Bonchev–Trinajstić information content (AvgIpc) is 2.24. The molecule has 0 atom stereocenters. The summed E-state index contributed by atoms with van der Waals surface area (Å²) in [5.74, 6) is 0. The van der Waals surface area contributed by atoms with Gasteiger partial charge in [0.25, 0.3) is 0 Å². The minimum atomic E-state index is 0.482. The van der Waals surface area contributed by atoms with Gasteiger partial charge in [0.1, 0.15) is 0 Å². The molecule has 0 aromatic rings. The van der Waals surface area contributed by atoms with Crippen molar-refractivity contribution in [2.45, 2.75) is 71.4 Å². The normalized spacial score (nSPS) is 27.0. The van der Waals surface area contributed by atoms with Gasteiger partial charge in [-0.2, -0.15) is 0 Å². The van der Waals surface area contributed by atoms with Crippen LogP contribution in [0.15, 0.2) is 0 Å². The molecule has 1 rings (SSSR count). The number of nitrogens with one attached hydrogen (secondary N) is 1. The molecule has 96 valence electrons. The summed E-state index contributed by atoms with van der Waals surface area (Å²) >= 11 is 0. The molecule has 0 spiro atoms. The SMILES string of the molecule is COC1CCC(NCCCC(C)(C)C)CC1. The highest BCUT2D eigenvalue weighted by atomic mass is 16.5. The zero-order valence-electron chi connectivity index (χ0n) is 11.5. The van der Waals surface area contributed by atoms with E-state index >= 15 is 0 Å². The van der Waals surface area contributed by atoms with Crippen molar-refractivity contribution >= 4 is 0 Å². The number of hydrogen-bond acceptors (Lipinski definition) is 2. The highest BCUT2D eigenvalue weighted by molar-refractivity contribution is 4.77. The lowest BCUT2D eigenvalue weighted by molar-refractivity contribution is 0.0625. The van der Waals surface area contributed by atoms with Crippen molar-refractivity contribution in [2.75, 3.05) is 13.7 Å². The van der Waals surface area contributed by atoms with Gasteiger partial charge < -0.3 is 10.1 Å². The molecule has 1 aliphatic carbocycles. The Bertz CT molecular complexity index is 178. The van der Waals surface area contributed by atoms with Gasteiger partial charge in [-0.3, -0.25) is 0 Å². The smallest absolute Gasteiger partial charge is 0.0572 e. The molecule has 2 heteroatoms. The average molecular weight is 227 g/mol. The van der Waals surface area contributed by atoms with E-state index in [4.69, 9.17) is 4.74 Å². The van der Waals surface area contributed by atoms with Gasteiger partial charge in [0.05, 0.1) is 6.10 Å². The van der Waals surface area contributed by atoms with E-state index in [9.17, 15) is 0 Å². The van der Waals surface area contributed by atoms with Crippen LogP contribution < -0.4 is 5.32 Å². The minimum Gasteiger partial charge on any atom is -0.381 e. The van der Waals surface area contributed by atoms with Crippen molar-refractivity contribution < 1.29 is 4.74 Å². The molecule has 0 heterocycles. The van der Waals surface area contributed by atoms with Crippen LogP contribution in [0.4, 0.5) is 0 Å². The summed E-state index contributed by atoms with van der Waals surface area (Å²) < 4.78 is 5.38. The third-order valence-electron chi connectivity index (χ3n) is 3.54. The predicted molar refractivity (Wildman–Crippen MR) is 69.7 cm³/mol. The standard InChI is InChI=1S/C14H29NO/c1-14(2,3)10-5-11-15-12-6-8-13(16-4)9-7-12/h12-13,15H,5-11H2,1-4H3. The van der Waals surface area contributed by atoms with E-state index in [1.165, 1.54) is 45.1 Å². The number of hydrogen-bond donors (Lipinski definition) is 1. The van der Waals surface area contributed by atoms with Crippen LogP contribution in [0.5, 0.6) is 0 Å². The first-order chi connectivity index (χ1) is 7.51. The first-order valence-corrected chi connectivity index (χ1v) is 6.77. The molecule has 0 bridgehead atoms. The maximum absolute atomic E-state index is 5.38. The van der Waals surface area contributed by atoms with Crippen LogP contribution in [0.2, 0.25) is 0 Å². The van der Waals surface area contributed by atoms with Crippen LogP contribution in [-0.4, -0.2) is 25.8 Å². The van der Waals surface area contributed by atoms with Gasteiger partial charge in [-0.15, -0.1) is 0 Å². The second kappa shape index (κ2) is 6.61. The van der Waals surface area contributed by atoms with Gasteiger partial charge in [-0.05, 0) is 50.5 Å². The van der Waals surface area contributed by atoms with Crippen LogP contribution >= 0.6 is 0 Å². The maximum Gasteiger partial charge on any atom is 0.0572 e. The van der Waals surface area contributed by atoms with Crippen molar-refractivity contribution in [1.82, 2.24) is 5.32 Å². The predicted octanol–water partition coefficient (Wildman–Crippen LogP) is 3.36. The highest BCUT2D eigenvalue weighted by Gasteiger charge is 2.20. The van der Waals surface area contributed by atoms with Crippen molar-refractivity contribution in [2.24, 2.45) is 5.41 Å². The molecular formula is C14H29NO. The summed E-state index contributed by atoms with van der Waals surface area (Å²) in [6, 6.07) is 0.742. The molecule has 1 aliphatic rings. The first kappa shape index (κ1) is 14.0. The van der Waals surface area contributed by atoms with Crippen molar-refractivity contribution in [3.8, 4) is 0 Å². The fourth-order valence-electron chi connectivity index (χ4n) is 2.43. The Morgan fingerprint density at radius 3 is 2.25 bits per heavy atom. The quantitative estimate of drug-likeness (QED) is 0.727. The molecule has 0 saturated heterocycles. The molecule has 0 aliphatic heterocycles. The van der Waals surface area contributed by atoms with Crippen LogP contribution in [0.1, 0.15) is 59.3 Å². The molecule has 0 aromatic heterocycles. The number of rotatable bonds is 5. The Labute approximate surface area is 101 Å². The van der Waals surface area contributed by atoms with Gasteiger partial charge in [0, 0.05) is 13.2 Å². The maximum atomic E-state index is 5.38. The summed E-state index contributed by atoms with van der Waals surface area (Å²) in [5.41, 5.74) is 0.482. The van der Waals surface area contributed by atoms with E-state index in [0.29, 0.717) is 11.5 Å². The van der Waals surface area contributed by atoms with Crippen LogP contribution in [-0.2, 0) is 4.74 Å². The Kier molecular flexibility index (Phi) is 5.77. The lowest BCUT2D eigenvalue weighted by Gasteiger charge is -2.28. The van der Waals surface area contributed by atoms with E-state index < -0.39 is 0 Å². The van der Waals surface area contributed by atoms with Crippen molar-refractivity contribution in [1.29, 1.82) is 0 Å². The Hall–Kier alpha value is -0.0800. The molecule has 0 unspecified atom stereocenters. The second-order valence-corrected chi connectivity index (χ2v) is 6.33. The van der Waals surface area contributed by atoms with E-state index in [1.807, 2.05) is 7.11 Å². The number of methoxy groups -OCH3 is 1. The Morgan fingerprint density at radius 1 is 1.12 bits per heavy atom. The second-order valence-electron chi connectivity index (χ2n) is 6.33. The monoisotopic (exact) mass is 227 g/mol. The molecular weight excluding hydrogens is 198 g/mol. The Balaban J connectivity index is 2.02. The van der Waals surface area contributed by atoms with E-state index in [2.05, 4.69) is 26.1 Å². The molecule has 1 fully saturated rings. The molecule has 2 nitrogen and oxygen atoms in total. The fourth-order valence-corrected chi connectivity index (χ4v) is 2.43. The van der Waals surface area contributed by atoms with Crippen molar-refractivity contribution in [3.05, 3.63) is 0 Å². The number of ether oxygens (including phenoxy) is 1. The minimum absolute atomic E-state index is 0.482. The van der Waals surface area contributed by atoms with E-state index in [1.54, 1.807) is 0 Å². The largest absolute Gasteiger partial charge is 0.381 e. The summed E-state index contributed by atoms with van der Waals surface area (Å²) in [5, 5.41) is 3.68. The van der Waals surface area contributed by atoms with Gasteiger partial charge in [-0.25, -0.2) is 0 Å². The van der Waals surface area contributed by atoms with Crippen molar-refractivity contribution in [3.63, 3.8) is 0 Å². The first-order valence-electron chi connectivity index (χ1n) is 6.77. The highest BCUT2D eigenvalue weighted by Crippen LogP contribution is 2.22.